The van der Waals surface area contributed by atoms with Crippen molar-refractivity contribution in [1.29, 1.82) is 0 Å². The number of nitrogens with one attached hydrogen (secondary N) is 1. The van der Waals surface area contributed by atoms with Crippen LogP contribution in [0.15, 0.2) is 17.6 Å². The van der Waals surface area contributed by atoms with E-state index in [4.69, 9.17) is 0 Å². The lowest BCUT2D eigenvalue weighted by Gasteiger charge is -2.22. The molecule has 0 fully saturated rings. The minimum atomic E-state index is -2.95. The van der Waals surface area contributed by atoms with Gasteiger partial charge in [-0.25, -0.2) is 8.42 Å². The highest BCUT2D eigenvalue weighted by atomic mass is 32.2. The predicted octanol–water partition coefficient (Wildman–Crippen LogP) is 1.67. The van der Waals surface area contributed by atoms with Gasteiger partial charge in [0, 0.05) is 26.4 Å². The standard InChI is InChI=1S/C14H29N3O2S/c1-5-7-8-9-10-12-17(3)14(15-6-2)16-11-13-20(4,18)19/h5H,1,6-13H2,2-4H3,(H,15,16). The molecule has 0 saturated carbocycles. The molecule has 5 nitrogen and oxygen atoms in total. The van der Waals surface area contributed by atoms with Gasteiger partial charge < -0.3 is 10.2 Å². The van der Waals surface area contributed by atoms with Crippen LogP contribution in [0.25, 0.3) is 0 Å². The molecular formula is C14H29N3O2S. The van der Waals surface area contributed by atoms with E-state index in [2.05, 4.69) is 21.8 Å². The van der Waals surface area contributed by atoms with Gasteiger partial charge in [0.15, 0.2) is 5.96 Å². The van der Waals surface area contributed by atoms with Crippen molar-refractivity contribution >= 4 is 15.8 Å². The quantitative estimate of drug-likeness (QED) is 0.289. The first-order valence-corrected chi connectivity index (χ1v) is 9.24. The first kappa shape index (κ1) is 19.0. The van der Waals surface area contributed by atoms with Crippen molar-refractivity contribution in [2.24, 2.45) is 4.99 Å². The van der Waals surface area contributed by atoms with Crippen LogP contribution < -0.4 is 5.32 Å². The van der Waals surface area contributed by atoms with Crippen LogP contribution in [0.3, 0.4) is 0 Å². The number of nitrogens with zero attached hydrogens (tertiary/aromatic N) is 2. The number of sulfone groups is 1. The first-order valence-electron chi connectivity index (χ1n) is 7.18. The molecule has 118 valence electrons. The van der Waals surface area contributed by atoms with Crippen molar-refractivity contribution in [2.75, 3.05) is 38.7 Å². The summed E-state index contributed by atoms with van der Waals surface area (Å²) < 4.78 is 22.2. The molecule has 0 aliphatic rings. The fourth-order valence-corrected chi connectivity index (χ4v) is 2.13. The number of allylic oxidation sites excluding steroid dienone is 1. The van der Waals surface area contributed by atoms with E-state index in [1.165, 1.54) is 19.1 Å². The normalized spacial score (nSPS) is 12.2. The summed E-state index contributed by atoms with van der Waals surface area (Å²) in [6.45, 7) is 7.72. The third-order valence-corrected chi connectivity index (χ3v) is 3.75. The lowest BCUT2D eigenvalue weighted by Crippen LogP contribution is -2.39. The van der Waals surface area contributed by atoms with Gasteiger partial charge in [-0.15, -0.1) is 6.58 Å². The van der Waals surface area contributed by atoms with Crippen LogP contribution in [0.5, 0.6) is 0 Å². The Morgan fingerprint density at radius 1 is 1.35 bits per heavy atom. The van der Waals surface area contributed by atoms with Crippen LogP contribution in [0.4, 0.5) is 0 Å². The molecule has 0 bridgehead atoms. The molecule has 1 N–H and O–H groups in total. The van der Waals surface area contributed by atoms with Gasteiger partial charge in [0.25, 0.3) is 0 Å². The maximum Gasteiger partial charge on any atom is 0.193 e. The van der Waals surface area contributed by atoms with Gasteiger partial charge in [-0.1, -0.05) is 12.5 Å². The minimum absolute atomic E-state index is 0.0923. The number of hydrogen-bond donors (Lipinski definition) is 1. The lowest BCUT2D eigenvalue weighted by atomic mass is 10.2. The van der Waals surface area contributed by atoms with E-state index in [0.29, 0.717) is 6.54 Å². The highest BCUT2D eigenvalue weighted by molar-refractivity contribution is 7.90. The molecule has 0 aliphatic heterocycles. The highest BCUT2D eigenvalue weighted by Gasteiger charge is 2.06. The Kier molecular flexibility index (Phi) is 10.2. The van der Waals surface area contributed by atoms with E-state index in [1.54, 1.807) is 0 Å². The number of hydrogen-bond acceptors (Lipinski definition) is 3. The van der Waals surface area contributed by atoms with Crippen molar-refractivity contribution < 1.29 is 8.42 Å². The zero-order valence-electron chi connectivity index (χ0n) is 13.1. The summed E-state index contributed by atoms with van der Waals surface area (Å²) in [5.74, 6) is 0.870. The Balaban J connectivity index is 4.20. The van der Waals surface area contributed by atoms with Gasteiger partial charge in [0.2, 0.25) is 0 Å². The Morgan fingerprint density at radius 3 is 2.60 bits per heavy atom. The molecule has 0 atom stereocenters. The van der Waals surface area contributed by atoms with E-state index in [1.807, 2.05) is 20.0 Å². The Bertz CT molecular complexity index is 391. The second-order valence-corrected chi connectivity index (χ2v) is 7.18. The molecular weight excluding hydrogens is 274 g/mol. The zero-order chi connectivity index (χ0) is 15.4. The molecule has 0 aromatic rings. The number of rotatable bonds is 10. The summed E-state index contributed by atoms with van der Waals surface area (Å²) in [6.07, 6.45) is 7.67. The van der Waals surface area contributed by atoms with E-state index >= 15 is 0 Å². The minimum Gasteiger partial charge on any atom is -0.357 e. The van der Waals surface area contributed by atoms with Gasteiger partial charge in [0.05, 0.1) is 12.3 Å². The van der Waals surface area contributed by atoms with Gasteiger partial charge in [0.1, 0.15) is 9.84 Å². The smallest absolute Gasteiger partial charge is 0.193 e. The van der Waals surface area contributed by atoms with E-state index < -0.39 is 9.84 Å². The lowest BCUT2D eigenvalue weighted by molar-refractivity contribution is 0.456. The third kappa shape index (κ3) is 10.8. The number of aliphatic imine (C=N–C) groups is 1. The molecule has 0 unspecified atom stereocenters. The number of guanidine groups is 1. The van der Waals surface area contributed by atoms with E-state index in [0.717, 1.165) is 31.9 Å². The van der Waals surface area contributed by atoms with Crippen molar-refractivity contribution in [1.82, 2.24) is 10.2 Å². The Morgan fingerprint density at radius 2 is 2.05 bits per heavy atom. The summed E-state index contributed by atoms with van der Waals surface area (Å²) >= 11 is 0. The summed E-state index contributed by atoms with van der Waals surface area (Å²) in [5.41, 5.74) is 0. The number of unbranched alkanes of at least 4 members (excludes halogenated alkanes) is 3. The Hall–Kier alpha value is -1.04. The molecule has 0 heterocycles. The average molecular weight is 303 g/mol. The molecule has 6 heteroatoms. The fraction of sp³-hybridized carbons (Fsp3) is 0.786. The molecule has 0 aromatic carbocycles. The van der Waals surface area contributed by atoms with Crippen LogP contribution in [0, 0.1) is 0 Å². The summed E-state index contributed by atoms with van der Waals surface area (Å²) in [6, 6.07) is 0. The van der Waals surface area contributed by atoms with E-state index in [9.17, 15) is 8.42 Å². The van der Waals surface area contributed by atoms with Crippen LogP contribution in [0.2, 0.25) is 0 Å². The third-order valence-electron chi connectivity index (χ3n) is 2.82. The maximum atomic E-state index is 11.1. The zero-order valence-corrected chi connectivity index (χ0v) is 13.9. The van der Waals surface area contributed by atoms with Gasteiger partial charge in [-0.2, -0.15) is 0 Å². The topological polar surface area (TPSA) is 61.8 Å². The highest BCUT2D eigenvalue weighted by Crippen LogP contribution is 2.01. The molecule has 0 aromatic heterocycles. The van der Waals surface area contributed by atoms with Crippen molar-refractivity contribution in [2.45, 2.75) is 32.6 Å². The van der Waals surface area contributed by atoms with Gasteiger partial charge in [-0.05, 0) is 26.2 Å². The molecule has 0 amide bonds. The van der Waals surface area contributed by atoms with Crippen molar-refractivity contribution in [3.05, 3.63) is 12.7 Å². The largest absolute Gasteiger partial charge is 0.357 e. The molecule has 20 heavy (non-hydrogen) atoms. The molecule has 0 spiro atoms. The SMILES string of the molecule is C=CCCCCCN(C)C(=NCCS(C)(=O)=O)NCC. The van der Waals surface area contributed by atoms with Crippen molar-refractivity contribution in [3.8, 4) is 0 Å². The van der Waals surface area contributed by atoms with E-state index in [-0.39, 0.29) is 5.75 Å². The monoisotopic (exact) mass is 303 g/mol. The van der Waals surface area contributed by atoms with Crippen LogP contribution in [-0.2, 0) is 9.84 Å². The second kappa shape index (κ2) is 10.7. The average Bonchev–Trinajstić information content (AvgIpc) is 2.36. The van der Waals surface area contributed by atoms with Gasteiger partial charge in [-0.3, -0.25) is 4.99 Å². The maximum absolute atomic E-state index is 11.1. The predicted molar refractivity (Wildman–Crippen MR) is 87.0 cm³/mol. The summed E-state index contributed by atoms with van der Waals surface area (Å²) in [7, 11) is -0.969. The Labute approximate surface area is 124 Å². The molecule has 0 saturated heterocycles. The molecule has 0 rings (SSSR count). The summed E-state index contributed by atoms with van der Waals surface area (Å²) in [5, 5.41) is 3.19. The molecule has 0 aliphatic carbocycles. The fourth-order valence-electron chi connectivity index (χ4n) is 1.71. The summed E-state index contributed by atoms with van der Waals surface area (Å²) in [4.78, 5) is 6.41. The van der Waals surface area contributed by atoms with Crippen LogP contribution in [0.1, 0.15) is 32.6 Å². The van der Waals surface area contributed by atoms with Gasteiger partial charge >= 0.3 is 0 Å². The first-order chi connectivity index (χ1) is 9.40. The second-order valence-electron chi connectivity index (χ2n) is 4.93. The van der Waals surface area contributed by atoms with Crippen LogP contribution >= 0.6 is 0 Å². The molecule has 0 radical (unpaired) electrons. The van der Waals surface area contributed by atoms with Crippen LogP contribution in [-0.4, -0.2) is 58.0 Å². The van der Waals surface area contributed by atoms with Crippen molar-refractivity contribution in [3.63, 3.8) is 0 Å².